The molecular formula is C20H28ClN3O4. The number of halogens is 1. The molecule has 4 N–H and O–H groups in total. The third-order valence-corrected chi connectivity index (χ3v) is 5.33. The second kappa shape index (κ2) is 10.3. The van der Waals surface area contributed by atoms with Gasteiger partial charge in [0, 0.05) is 11.1 Å². The van der Waals surface area contributed by atoms with Gasteiger partial charge in [0.2, 0.25) is 0 Å². The molecule has 0 aliphatic heterocycles. The molecule has 0 aromatic heterocycles. The van der Waals surface area contributed by atoms with Gasteiger partial charge in [-0.1, -0.05) is 43.5 Å². The lowest BCUT2D eigenvalue weighted by molar-refractivity contribution is -0.155. The molecule has 1 saturated carbocycles. The number of carbonyl (C=O) groups is 3. The number of benzene rings is 1. The van der Waals surface area contributed by atoms with Gasteiger partial charge in [-0.2, -0.15) is 0 Å². The summed E-state index contributed by atoms with van der Waals surface area (Å²) in [4.78, 5) is 36.0. The molecule has 2 rings (SSSR count). The lowest BCUT2D eigenvalue weighted by Gasteiger charge is -2.30. The number of nitrogens with one attached hydrogen (secondary N) is 2. The van der Waals surface area contributed by atoms with Gasteiger partial charge in [-0.3, -0.25) is 9.59 Å². The molecule has 1 aromatic carbocycles. The van der Waals surface area contributed by atoms with Crippen molar-refractivity contribution in [2.75, 3.05) is 0 Å². The van der Waals surface area contributed by atoms with Crippen LogP contribution in [0, 0.1) is 5.92 Å². The molecule has 0 spiro atoms. The molecule has 4 atom stereocenters. The van der Waals surface area contributed by atoms with Gasteiger partial charge < -0.3 is 21.1 Å². The molecule has 0 heterocycles. The molecule has 1 aliphatic rings. The van der Waals surface area contributed by atoms with Gasteiger partial charge in [-0.05, 0) is 43.4 Å². The van der Waals surface area contributed by atoms with E-state index in [-0.39, 0.29) is 18.4 Å². The van der Waals surface area contributed by atoms with E-state index in [2.05, 4.69) is 17.6 Å². The molecule has 28 heavy (non-hydrogen) atoms. The maximum absolute atomic E-state index is 12.4. The number of nitrogens with two attached hydrogens (primary N) is 1. The molecule has 3 amide bonds. The zero-order valence-electron chi connectivity index (χ0n) is 16.2. The smallest absolute Gasteiger partial charge is 0.312 e. The Morgan fingerprint density at radius 2 is 1.86 bits per heavy atom. The van der Waals surface area contributed by atoms with E-state index < -0.39 is 24.1 Å². The third-order valence-electron chi connectivity index (χ3n) is 5.08. The number of carbonyl (C=O) groups excluding carboxylic acids is 3. The highest BCUT2D eigenvalue weighted by Crippen LogP contribution is 2.24. The second-order valence-electron chi connectivity index (χ2n) is 7.33. The SMILES string of the molecule is C[C@@H](OC(=O)C[C@H](NC(N)=O)c1ccc(Cl)cc1)C(=O)N[C@H]1CCCC[C@@H]1C. The van der Waals surface area contributed by atoms with Gasteiger partial charge in [0.15, 0.2) is 6.10 Å². The van der Waals surface area contributed by atoms with Crippen molar-refractivity contribution >= 4 is 29.5 Å². The maximum Gasteiger partial charge on any atom is 0.312 e. The summed E-state index contributed by atoms with van der Waals surface area (Å²) in [6.07, 6.45) is 3.22. The fourth-order valence-electron chi connectivity index (χ4n) is 3.42. The van der Waals surface area contributed by atoms with Crippen molar-refractivity contribution < 1.29 is 19.1 Å². The van der Waals surface area contributed by atoms with Gasteiger partial charge in [0.25, 0.3) is 5.91 Å². The number of hydrogen-bond acceptors (Lipinski definition) is 4. The largest absolute Gasteiger partial charge is 0.452 e. The standard InChI is InChI=1S/C20H28ClN3O4/c1-12-5-3-4-6-16(12)23-19(26)13(2)28-18(25)11-17(24-20(22)27)14-7-9-15(21)10-8-14/h7-10,12-13,16-17H,3-6,11H2,1-2H3,(H,23,26)(H3,22,24,27)/t12-,13+,16-,17-/m0/s1. The average Bonchev–Trinajstić information content (AvgIpc) is 2.63. The van der Waals surface area contributed by atoms with Crippen molar-refractivity contribution in [2.45, 2.75) is 64.1 Å². The average molecular weight is 410 g/mol. The summed E-state index contributed by atoms with van der Waals surface area (Å²) in [5.41, 5.74) is 5.87. The number of primary amides is 1. The van der Waals surface area contributed by atoms with E-state index in [1.54, 1.807) is 31.2 Å². The van der Waals surface area contributed by atoms with E-state index in [4.69, 9.17) is 22.1 Å². The molecule has 1 aliphatic carbocycles. The van der Waals surface area contributed by atoms with Crippen molar-refractivity contribution in [1.29, 1.82) is 0 Å². The van der Waals surface area contributed by atoms with Crippen LogP contribution in [-0.2, 0) is 14.3 Å². The fraction of sp³-hybridized carbons (Fsp3) is 0.550. The minimum Gasteiger partial charge on any atom is -0.452 e. The van der Waals surface area contributed by atoms with Crippen LogP contribution in [0.3, 0.4) is 0 Å². The summed E-state index contributed by atoms with van der Waals surface area (Å²) in [6, 6.07) is 5.37. The Morgan fingerprint density at radius 3 is 2.46 bits per heavy atom. The molecule has 7 nitrogen and oxygen atoms in total. The summed E-state index contributed by atoms with van der Waals surface area (Å²) in [6.45, 7) is 3.66. The van der Waals surface area contributed by atoms with Crippen LogP contribution in [-0.4, -0.2) is 30.1 Å². The van der Waals surface area contributed by atoms with Crippen molar-refractivity contribution in [2.24, 2.45) is 11.7 Å². The van der Waals surface area contributed by atoms with Crippen LogP contribution < -0.4 is 16.4 Å². The highest BCUT2D eigenvalue weighted by atomic mass is 35.5. The third kappa shape index (κ3) is 6.71. The molecule has 0 radical (unpaired) electrons. The van der Waals surface area contributed by atoms with Crippen LogP contribution in [0.1, 0.15) is 57.6 Å². The van der Waals surface area contributed by atoms with Gasteiger partial charge in [-0.15, -0.1) is 0 Å². The summed E-state index contributed by atoms with van der Waals surface area (Å²) in [7, 11) is 0. The molecule has 8 heteroatoms. The highest BCUT2D eigenvalue weighted by Gasteiger charge is 2.27. The topological polar surface area (TPSA) is 111 Å². The monoisotopic (exact) mass is 409 g/mol. The summed E-state index contributed by atoms with van der Waals surface area (Å²) in [5.74, 6) is -0.499. The highest BCUT2D eigenvalue weighted by molar-refractivity contribution is 6.30. The first kappa shape index (κ1) is 22.0. The van der Waals surface area contributed by atoms with Crippen LogP contribution in [0.2, 0.25) is 5.02 Å². The van der Waals surface area contributed by atoms with Crippen molar-refractivity contribution in [3.8, 4) is 0 Å². The van der Waals surface area contributed by atoms with Crippen molar-refractivity contribution in [3.63, 3.8) is 0 Å². The normalized spacial score (nSPS) is 21.2. The summed E-state index contributed by atoms with van der Waals surface area (Å²) < 4.78 is 5.28. The van der Waals surface area contributed by atoms with E-state index in [1.165, 1.54) is 6.42 Å². The Kier molecular flexibility index (Phi) is 8.11. The van der Waals surface area contributed by atoms with E-state index in [0.717, 1.165) is 19.3 Å². The Balaban J connectivity index is 1.92. The molecule has 1 fully saturated rings. The molecule has 0 bridgehead atoms. The Hall–Kier alpha value is -2.28. The van der Waals surface area contributed by atoms with Crippen LogP contribution in [0.5, 0.6) is 0 Å². The predicted octanol–water partition coefficient (Wildman–Crippen LogP) is 3.07. The van der Waals surface area contributed by atoms with E-state index >= 15 is 0 Å². The molecule has 1 aromatic rings. The number of ether oxygens (including phenoxy) is 1. The number of amides is 3. The number of rotatable bonds is 7. The minimum atomic E-state index is -0.916. The molecular weight excluding hydrogens is 382 g/mol. The Morgan fingerprint density at radius 1 is 1.21 bits per heavy atom. The lowest BCUT2D eigenvalue weighted by atomic mass is 9.86. The first-order valence-electron chi connectivity index (χ1n) is 9.57. The molecule has 0 unspecified atom stereocenters. The lowest BCUT2D eigenvalue weighted by Crippen LogP contribution is -2.46. The fourth-order valence-corrected chi connectivity index (χ4v) is 3.54. The van der Waals surface area contributed by atoms with Gasteiger partial charge in [-0.25, -0.2) is 4.79 Å². The zero-order chi connectivity index (χ0) is 20.7. The second-order valence-corrected chi connectivity index (χ2v) is 7.76. The molecule has 0 saturated heterocycles. The first-order valence-corrected chi connectivity index (χ1v) is 9.95. The molecule has 154 valence electrons. The number of esters is 1. The Bertz CT molecular complexity index is 695. The first-order chi connectivity index (χ1) is 13.3. The summed E-state index contributed by atoms with van der Waals surface area (Å²) in [5, 5.41) is 6.03. The van der Waals surface area contributed by atoms with Crippen LogP contribution in [0.15, 0.2) is 24.3 Å². The predicted molar refractivity (Wildman–Crippen MR) is 107 cm³/mol. The van der Waals surface area contributed by atoms with E-state index in [0.29, 0.717) is 16.5 Å². The van der Waals surface area contributed by atoms with Crippen molar-refractivity contribution in [1.82, 2.24) is 10.6 Å². The quantitative estimate of drug-likeness (QED) is 0.601. The van der Waals surface area contributed by atoms with E-state index in [9.17, 15) is 14.4 Å². The van der Waals surface area contributed by atoms with Gasteiger partial charge >= 0.3 is 12.0 Å². The number of hydrogen-bond donors (Lipinski definition) is 3. The summed E-state index contributed by atoms with van der Waals surface area (Å²) >= 11 is 5.87. The zero-order valence-corrected chi connectivity index (χ0v) is 17.0. The van der Waals surface area contributed by atoms with Crippen molar-refractivity contribution in [3.05, 3.63) is 34.9 Å². The van der Waals surface area contributed by atoms with Crippen LogP contribution >= 0.6 is 11.6 Å². The minimum absolute atomic E-state index is 0.112. The Labute approximate surface area is 170 Å². The van der Waals surface area contributed by atoms with Gasteiger partial charge in [0.05, 0.1) is 12.5 Å². The van der Waals surface area contributed by atoms with Crippen LogP contribution in [0.4, 0.5) is 4.79 Å². The number of urea groups is 1. The van der Waals surface area contributed by atoms with Gasteiger partial charge in [0.1, 0.15) is 0 Å². The van der Waals surface area contributed by atoms with Crippen LogP contribution in [0.25, 0.3) is 0 Å². The maximum atomic E-state index is 12.4. The van der Waals surface area contributed by atoms with E-state index in [1.807, 2.05) is 0 Å².